The minimum atomic E-state index is -3.44. The monoisotopic (exact) mass is 393 g/mol. The molecule has 3 aromatic heterocycles. The summed E-state index contributed by atoms with van der Waals surface area (Å²) >= 11 is 2.91. The molecule has 132 valence electrons. The summed E-state index contributed by atoms with van der Waals surface area (Å²) in [5, 5.41) is 0.911. The summed E-state index contributed by atoms with van der Waals surface area (Å²) in [5.41, 5.74) is 1.92. The highest BCUT2D eigenvalue weighted by Crippen LogP contribution is 2.27. The van der Waals surface area contributed by atoms with Crippen LogP contribution in [0, 0.1) is 6.92 Å². The Morgan fingerprint density at radius 3 is 2.72 bits per heavy atom. The van der Waals surface area contributed by atoms with E-state index >= 15 is 0 Å². The lowest BCUT2D eigenvalue weighted by molar-refractivity contribution is 0.584. The van der Waals surface area contributed by atoms with Gasteiger partial charge >= 0.3 is 0 Å². The maximum absolute atomic E-state index is 12.3. The Balaban J connectivity index is 1.65. The third-order valence-electron chi connectivity index (χ3n) is 3.70. The maximum atomic E-state index is 12.3. The molecule has 0 unspecified atom stereocenters. The van der Waals surface area contributed by atoms with Gasteiger partial charge in [-0.15, -0.1) is 22.7 Å². The van der Waals surface area contributed by atoms with Gasteiger partial charge in [0.25, 0.3) is 0 Å². The molecule has 8 heteroatoms. The van der Waals surface area contributed by atoms with Crippen molar-refractivity contribution in [3.05, 3.63) is 52.1 Å². The number of nitrogens with zero attached hydrogens (tertiary/aromatic N) is 2. The normalized spacial score (nSPS) is 11.8. The molecule has 0 radical (unpaired) electrons. The smallest absolute Gasteiger partial charge is 0.250 e. The molecule has 0 saturated carbocycles. The zero-order valence-electron chi connectivity index (χ0n) is 14.0. The van der Waals surface area contributed by atoms with Crippen molar-refractivity contribution in [2.45, 2.75) is 30.9 Å². The largest absolute Gasteiger partial charge is 0.264 e. The van der Waals surface area contributed by atoms with Crippen LogP contribution in [0.25, 0.3) is 10.6 Å². The minimum Gasteiger partial charge on any atom is -0.264 e. The minimum absolute atomic E-state index is 0.358. The first-order valence-corrected chi connectivity index (χ1v) is 11.1. The van der Waals surface area contributed by atoms with E-state index in [4.69, 9.17) is 0 Å². The van der Waals surface area contributed by atoms with E-state index in [0.29, 0.717) is 17.2 Å². The lowest BCUT2D eigenvalue weighted by Crippen LogP contribution is -2.25. The summed E-state index contributed by atoms with van der Waals surface area (Å²) in [6.07, 6.45) is 4.98. The molecule has 3 aromatic rings. The van der Waals surface area contributed by atoms with E-state index in [1.807, 2.05) is 32.0 Å². The van der Waals surface area contributed by atoms with Crippen molar-refractivity contribution in [3.63, 3.8) is 0 Å². The fourth-order valence-electron chi connectivity index (χ4n) is 2.34. The van der Waals surface area contributed by atoms with Crippen LogP contribution in [-0.4, -0.2) is 24.9 Å². The molecule has 0 aromatic carbocycles. The Kier molecular flexibility index (Phi) is 5.63. The number of sulfonamides is 1. The van der Waals surface area contributed by atoms with Gasteiger partial charge in [0.05, 0.1) is 5.69 Å². The van der Waals surface area contributed by atoms with Crippen molar-refractivity contribution < 1.29 is 8.42 Å². The number of thiophene rings is 1. The molecular formula is C17H19N3O2S3. The van der Waals surface area contributed by atoms with E-state index in [0.717, 1.165) is 32.4 Å². The molecule has 0 saturated heterocycles. The summed E-state index contributed by atoms with van der Waals surface area (Å²) < 4.78 is 27.7. The average Bonchev–Trinajstić information content (AvgIpc) is 3.23. The predicted octanol–water partition coefficient (Wildman–Crippen LogP) is 3.66. The van der Waals surface area contributed by atoms with E-state index in [2.05, 4.69) is 14.7 Å². The van der Waals surface area contributed by atoms with Crippen LogP contribution in [0.4, 0.5) is 0 Å². The van der Waals surface area contributed by atoms with E-state index in [1.54, 1.807) is 29.8 Å². The number of nitrogens with one attached hydrogen (secondary N) is 1. The van der Waals surface area contributed by atoms with Crippen LogP contribution >= 0.6 is 22.7 Å². The molecular weight excluding hydrogens is 374 g/mol. The van der Waals surface area contributed by atoms with Gasteiger partial charge in [0.1, 0.15) is 9.22 Å². The number of rotatable bonds is 7. The summed E-state index contributed by atoms with van der Waals surface area (Å²) in [6, 6.07) is 7.39. The summed E-state index contributed by atoms with van der Waals surface area (Å²) in [5.74, 6) is 0. The molecule has 0 spiro atoms. The highest BCUT2D eigenvalue weighted by atomic mass is 32.2. The van der Waals surface area contributed by atoms with Crippen LogP contribution in [0.15, 0.2) is 40.9 Å². The zero-order valence-corrected chi connectivity index (χ0v) is 16.5. The number of hydrogen-bond donors (Lipinski definition) is 1. The number of pyridine rings is 1. The van der Waals surface area contributed by atoms with Crippen molar-refractivity contribution >= 4 is 32.7 Å². The molecule has 0 aliphatic heterocycles. The van der Waals surface area contributed by atoms with Crippen molar-refractivity contribution in [1.29, 1.82) is 0 Å². The van der Waals surface area contributed by atoms with Gasteiger partial charge in [0, 0.05) is 34.3 Å². The number of hydrogen-bond acceptors (Lipinski definition) is 6. The van der Waals surface area contributed by atoms with Gasteiger partial charge in [-0.3, -0.25) is 4.98 Å². The van der Waals surface area contributed by atoms with Crippen molar-refractivity contribution in [1.82, 2.24) is 14.7 Å². The molecule has 0 atom stereocenters. The van der Waals surface area contributed by atoms with Crippen LogP contribution in [0.1, 0.15) is 22.4 Å². The molecule has 0 aliphatic carbocycles. The molecule has 0 bridgehead atoms. The van der Waals surface area contributed by atoms with Gasteiger partial charge in [-0.1, -0.05) is 6.92 Å². The molecule has 0 aliphatic rings. The third-order valence-corrected chi connectivity index (χ3v) is 8.14. The Bertz CT molecular complexity index is 947. The van der Waals surface area contributed by atoms with E-state index in [-0.39, 0.29) is 0 Å². The second kappa shape index (κ2) is 7.74. The first kappa shape index (κ1) is 18.2. The zero-order chi connectivity index (χ0) is 17.9. The van der Waals surface area contributed by atoms with Gasteiger partial charge in [-0.2, -0.15) is 0 Å². The Morgan fingerprint density at radius 2 is 2.04 bits per heavy atom. The Morgan fingerprint density at radius 1 is 1.20 bits per heavy atom. The second-order valence-electron chi connectivity index (χ2n) is 5.49. The molecule has 3 heterocycles. The van der Waals surface area contributed by atoms with E-state index < -0.39 is 10.0 Å². The number of aromatic nitrogens is 2. The van der Waals surface area contributed by atoms with Crippen LogP contribution < -0.4 is 4.72 Å². The highest BCUT2D eigenvalue weighted by molar-refractivity contribution is 7.91. The topological polar surface area (TPSA) is 72.0 Å². The fourth-order valence-corrected chi connectivity index (χ4v) is 5.76. The maximum Gasteiger partial charge on any atom is 0.250 e. The van der Waals surface area contributed by atoms with Gasteiger partial charge in [-0.25, -0.2) is 18.1 Å². The standard InChI is InChI=1S/C17H19N3O2S3/c1-3-14-6-7-16(23-14)25(21,22)19-10-8-15-12(2)20-17(24-15)13-5-4-9-18-11-13/h4-7,9,11,19H,3,8,10H2,1-2H3. The Labute approximate surface area is 155 Å². The molecule has 25 heavy (non-hydrogen) atoms. The average molecular weight is 394 g/mol. The van der Waals surface area contributed by atoms with Crippen molar-refractivity contribution in [3.8, 4) is 10.6 Å². The predicted molar refractivity (Wildman–Crippen MR) is 103 cm³/mol. The third kappa shape index (κ3) is 4.33. The molecule has 1 N–H and O–H groups in total. The molecule has 0 fully saturated rings. The van der Waals surface area contributed by atoms with Gasteiger partial charge in [0.2, 0.25) is 10.0 Å². The summed E-state index contributed by atoms with van der Waals surface area (Å²) in [7, 11) is -3.44. The summed E-state index contributed by atoms with van der Waals surface area (Å²) in [4.78, 5) is 10.8. The number of thiazole rings is 1. The van der Waals surface area contributed by atoms with Gasteiger partial charge < -0.3 is 0 Å². The van der Waals surface area contributed by atoms with Crippen LogP contribution in [0.2, 0.25) is 0 Å². The number of aryl methyl sites for hydroxylation is 2. The van der Waals surface area contributed by atoms with E-state index in [1.165, 1.54) is 11.3 Å². The van der Waals surface area contributed by atoms with Gasteiger partial charge in [-0.05, 0) is 44.0 Å². The SMILES string of the molecule is CCc1ccc(S(=O)(=O)NCCc2sc(-c3cccnc3)nc2C)s1. The first-order valence-electron chi connectivity index (χ1n) is 7.94. The van der Waals surface area contributed by atoms with Crippen LogP contribution in [0.3, 0.4) is 0 Å². The second-order valence-corrected chi connectivity index (χ2v) is 9.74. The highest BCUT2D eigenvalue weighted by Gasteiger charge is 2.17. The fraction of sp³-hybridized carbons (Fsp3) is 0.294. The van der Waals surface area contributed by atoms with Crippen molar-refractivity contribution in [2.75, 3.05) is 6.54 Å². The first-order chi connectivity index (χ1) is 12.0. The van der Waals surface area contributed by atoms with Gasteiger partial charge in [0.15, 0.2) is 0 Å². The Hall–Kier alpha value is -1.61. The van der Waals surface area contributed by atoms with Crippen LogP contribution in [0.5, 0.6) is 0 Å². The quantitative estimate of drug-likeness (QED) is 0.665. The lowest BCUT2D eigenvalue weighted by Gasteiger charge is -2.04. The van der Waals surface area contributed by atoms with Crippen LogP contribution in [-0.2, 0) is 22.9 Å². The molecule has 3 rings (SSSR count). The molecule has 0 amide bonds. The lowest BCUT2D eigenvalue weighted by atomic mass is 10.3. The summed E-state index contributed by atoms with van der Waals surface area (Å²) in [6.45, 7) is 4.33. The van der Waals surface area contributed by atoms with E-state index in [9.17, 15) is 8.42 Å². The molecule has 5 nitrogen and oxygen atoms in total. The van der Waals surface area contributed by atoms with Crippen molar-refractivity contribution in [2.24, 2.45) is 0 Å².